The first kappa shape index (κ1) is 21.1. The number of guanidine groups is 1. The van der Waals surface area contributed by atoms with Gasteiger partial charge in [0.05, 0.1) is 6.54 Å². The second kappa shape index (κ2) is 10.2. The van der Waals surface area contributed by atoms with E-state index in [0.717, 1.165) is 36.1 Å². The molecule has 6 nitrogen and oxygen atoms in total. The first-order valence-electron chi connectivity index (χ1n) is 10.0. The highest BCUT2D eigenvalue weighted by atomic mass is 127. The number of piperidine rings is 1. The second-order valence-corrected chi connectivity index (χ2v) is 7.43. The maximum Gasteiger partial charge on any atom is 0.194 e. The Morgan fingerprint density at radius 2 is 1.96 bits per heavy atom. The van der Waals surface area contributed by atoms with Crippen molar-refractivity contribution in [2.75, 3.05) is 33.2 Å². The number of nitrogens with one attached hydrogen (secondary N) is 1. The van der Waals surface area contributed by atoms with Crippen molar-refractivity contribution in [3.63, 3.8) is 0 Å². The minimum atomic E-state index is 0. The molecular weight excluding hydrogens is 465 g/mol. The van der Waals surface area contributed by atoms with Crippen LogP contribution in [0.2, 0.25) is 0 Å². The van der Waals surface area contributed by atoms with Crippen molar-refractivity contribution in [3.8, 4) is 11.3 Å². The van der Waals surface area contributed by atoms with Gasteiger partial charge in [-0.05, 0) is 32.4 Å². The number of halogens is 1. The smallest absolute Gasteiger partial charge is 0.194 e. The van der Waals surface area contributed by atoms with Crippen molar-refractivity contribution in [2.45, 2.75) is 38.3 Å². The number of aromatic nitrogens is 1. The zero-order valence-electron chi connectivity index (χ0n) is 16.5. The van der Waals surface area contributed by atoms with E-state index in [0.29, 0.717) is 12.6 Å². The molecule has 0 aliphatic carbocycles. The van der Waals surface area contributed by atoms with Gasteiger partial charge in [-0.3, -0.25) is 9.89 Å². The van der Waals surface area contributed by atoms with Gasteiger partial charge in [0.25, 0.3) is 0 Å². The van der Waals surface area contributed by atoms with Crippen molar-refractivity contribution in [1.29, 1.82) is 0 Å². The summed E-state index contributed by atoms with van der Waals surface area (Å²) in [5, 5.41) is 7.63. The summed E-state index contributed by atoms with van der Waals surface area (Å²) in [5.74, 6) is 1.77. The molecule has 1 N–H and O–H groups in total. The van der Waals surface area contributed by atoms with Crippen molar-refractivity contribution < 1.29 is 4.52 Å². The fraction of sp³-hybridized carbons (Fsp3) is 0.524. The van der Waals surface area contributed by atoms with Gasteiger partial charge in [0.2, 0.25) is 0 Å². The van der Waals surface area contributed by atoms with E-state index in [1.165, 1.54) is 38.8 Å². The number of hydrogen-bond donors (Lipinski definition) is 1. The van der Waals surface area contributed by atoms with E-state index in [-0.39, 0.29) is 24.0 Å². The van der Waals surface area contributed by atoms with Crippen molar-refractivity contribution in [1.82, 2.24) is 20.3 Å². The fourth-order valence-electron chi connectivity index (χ4n) is 4.16. The number of hydrogen-bond acceptors (Lipinski definition) is 4. The van der Waals surface area contributed by atoms with Crippen LogP contribution in [-0.4, -0.2) is 60.2 Å². The Hall–Kier alpha value is -1.61. The molecule has 2 aliphatic rings. The molecular formula is C21H30IN5O. The van der Waals surface area contributed by atoms with E-state index >= 15 is 0 Å². The normalized spacial score (nSPS) is 20.8. The maximum absolute atomic E-state index is 5.50. The van der Waals surface area contributed by atoms with E-state index in [1.807, 2.05) is 43.4 Å². The predicted molar refractivity (Wildman–Crippen MR) is 123 cm³/mol. The predicted octanol–water partition coefficient (Wildman–Crippen LogP) is 3.60. The largest absolute Gasteiger partial charge is 0.359 e. The minimum Gasteiger partial charge on any atom is -0.359 e. The van der Waals surface area contributed by atoms with Gasteiger partial charge < -0.3 is 14.7 Å². The molecule has 1 unspecified atom stereocenters. The van der Waals surface area contributed by atoms with Crippen LogP contribution in [0.5, 0.6) is 0 Å². The number of rotatable bonds is 4. The lowest BCUT2D eigenvalue weighted by Gasteiger charge is -2.32. The fourth-order valence-corrected chi connectivity index (χ4v) is 4.16. The number of aliphatic imine (C=N–C) groups is 1. The van der Waals surface area contributed by atoms with Crippen molar-refractivity contribution in [2.24, 2.45) is 4.99 Å². The summed E-state index contributed by atoms with van der Waals surface area (Å²) >= 11 is 0. The van der Waals surface area contributed by atoms with Gasteiger partial charge in [0.15, 0.2) is 11.7 Å². The van der Waals surface area contributed by atoms with Crippen LogP contribution >= 0.6 is 24.0 Å². The highest BCUT2D eigenvalue weighted by Crippen LogP contribution is 2.21. The molecule has 0 amide bonds. The minimum absolute atomic E-state index is 0. The summed E-state index contributed by atoms with van der Waals surface area (Å²) in [6.07, 6.45) is 5.30. The lowest BCUT2D eigenvalue weighted by Crippen LogP contribution is -2.44. The first-order chi connectivity index (χ1) is 13.3. The highest BCUT2D eigenvalue weighted by molar-refractivity contribution is 14.0. The van der Waals surface area contributed by atoms with Gasteiger partial charge in [-0.15, -0.1) is 24.0 Å². The Balaban J connectivity index is 0.00000225. The molecule has 7 heteroatoms. The molecule has 0 saturated carbocycles. The van der Waals surface area contributed by atoms with Crippen LogP contribution in [-0.2, 0) is 6.54 Å². The summed E-state index contributed by atoms with van der Waals surface area (Å²) in [6, 6.07) is 12.8. The SMILES string of the molecule is CN=C(NCc1cc(-c2ccccc2)no1)N1CCC(N2CCCCC2)C1.I. The molecule has 152 valence electrons. The summed E-state index contributed by atoms with van der Waals surface area (Å²) in [6.45, 7) is 5.23. The molecule has 0 bridgehead atoms. The molecule has 2 saturated heterocycles. The van der Waals surface area contributed by atoms with Gasteiger partial charge in [0, 0.05) is 37.8 Å². The molecule has 1 aromatic carbocycles. The van der Waals surface area contributed by atoms with Crippen molar-refractivity contribution >= 4 is 29.9 Å². The second-order valence-electron chi connectivity index (χ2n) is 7.43. The zero-order valence-corrected chi connectivity index (χ0v) is 18.8. The molecule has 1 atom stereocenters. The lowest BCUT2D eigenvalue weighted by atomic mass is 10.1. The quantitative estimate of drug-likeness (QED) is 0.399. The van der Waals surface area contributed by atoms with Crippen LogP contribution in [0.4, 0.5) is 0 Å². The van der Waals surface area contributed by atoms with Gasteiger partial charge in [0.1, 0.15) is 5.69 Å². The van der Waals surface area contributed by atoms with E-state index in [1.54, 1.807) is 0 Å². The summed E-state index contributed by atoms with van der Waals surface area (Å²) < 4.78 is 5.50. The van der Waals surface area contributed by atoms with E-state index in [4.69, 9.17) is 4.52 Å². The Morgan fingerprint density at radius 3 is 2.71 bits per heavy atom. The Labute approximate surface area is 184 Å². The van der Waals surface area contributed by atoms with Gasteiger partial charge in [-0.2, -0.15) is 0 Å². The Bertz CT molecular complexity index is 757. The number of likely N-dealkylation sites (tertiary alicyclic amines) is 2. The van der Waals surface area contributed by atoms with E-state index in [9.17, 15) is 0 Å². The van der Waals surface area contributed by atoms with Crippen LogP contribution in [0.3, 0.4) is 0 Å². The average molecular weight is 495 g/mol. The summed E-state index contributed by atoms with van der Waals surface area (Å²) in [4.78, 5) is 9.52. The molecule has 2 aliphatic heterocycles. The van der Waals surface area contributed by atoms with Crippen LogP contribution in [0.1, 0.15) is 31.4 Å². The third-order valence-electron chi connectivity index (χ3n) is 5.63. The van der Waals surface area contributed by atoms with E-state index < -0.39 is 0 Å². The molecule has 1 aromatic heterocycles. The van der Waals surface area contributed by atoms with Crippen LogP contribution in [0.25, 0.3) is 11.3 Å². The molecule has 2 fully saturated rings. The third-order valence-corrected chi connectivity index (χ3v) is 5.63. The standard InChI is InChI=1S/C21H29N5O.HI/c1-22-21(26-13-10-18(16-26)25-11-6-3-7-12-25)23-15-19-14-20(24-27-19)17-8-4-2-5-9-17;/h2,4-5,8-9,14,18H,3,6-7,10-13,15-16H2,1H3,(H,22,23);1H. The van der Waals surface area contributed by atoms with Crippen LogP contribution in [0.15, 0.2) is 45.9 Å². The molecule has 28 heavy (non-hydrogen) atoms. The topological polar surface area (TPSA) is 56.9 Å². The maximum atomic E-state index is 5.50. The monoisotopic (exact) mass is 495 g/mol. The molecule has 0 radical (unpaired) electrons. The van der Waals surface area contributed by atoms with Gasteiger partial charge >= 0.3 is 0 Å². The van der Waals surface area contributed by atoms with Crippen molar-refractivity contribution in [3.05, 3.63) is 42.2 Å². The van der Waals surface area contributed by atoms with Gasteiger partial charge in [-0.1, -0.05) is 41.9 Å². The third kappa shape index (κ3) is 5.05. The Morgan fingerprint density at radius 1 is 1.18 bits per heavy atom. The lowest BCUT2D eigenvalue weighted by molar-refractivity contribution is 0.168. The van der Waals surface area contributed by atoms with Crippen LogP contribution < -0.4 is 5.32 Å². The van der Waals surface area contributed by atoms with E-state index in [2.05, 4.69) is 25.3 Å². The van der Waals surface area contributed by atoms with Gasteiger partial charge in [-0.25, -0.2) is 0 Å². The van der Waals surface area contributed by atoms with Crippen LogP contribution in [0, 0.1) is 0 Å². The number of benzene rings is 1. The average Bonchev–Trinajstić information content (AvgIpc) is 3.40. The highest BCUT2D eigenvalue weighted by Gasteiger charge is 2.30. The Kier molecular flexibility index (Phi) is 7.73. The molecule has 0 spiro atoms. The summed E-state index contributed by atoms with van der Waals surface area (Å²) in [5.41, 5.74) is 1.94. The molecule has 3 heterocycles. The zero-order chi connectivity index (χ0) is 18.5. The molecule has 2 aromatic rings. The molecule has 4 rings (SSSR count). The number of nitrogens with zero attached hydrogens (tertiary/aromatic N) is 4. The summed E-state index contributed by atoms with van der Waals surface area (Å²) in [7, 11) is 1.85. The first-order valence-corrected chi connectivity index (χ1v) is 10.0.